The van der Waals surface area contributed by atoms with Crippen LogP contribution >= 0.6 is 0 Å². The lowest BCUT2D eigenvalue weighted by Gasteiger charge is -2.35. The van der Waals surface area contributed by atoms with Crippen molar-refractivity contribution in [2.45, 2.75) is 57.7 Å². The summed E-state index contributed by atoms with van der Waals surface area (Å²) >= 11 is 0. The monoisotopic (exact) mass is 403 g/mol. The predicted octanol–water partition coefficient (Wildman–Crippen LogP) is 3.22. The van der Waals surface area contributed by atoms with E-state index < -0.39 is 11.6 Å². The van der Waals surface area contributed by atoms with E-state index in [0.29, 0.717) is 37.4 Å². The Morgan fingerprint density at radius 3 is 2.59 bits per heavy atom. The standard InChI is InChI=1S/C21H30FN5O2/c1-4-21(22,5-2)15-26-10-8-16(9-11-26)19-14-27(25-24-19)13-18-7-6-17(12-23-18)20(28)29-3/h6-7,12,14,16H,4-5,8-11,13,15H2,1-3H3. The normalized spacial score (nSPS) is 16.1. The fourth-order valence-electron chi connectivity index (χ4n) is 3.76. The van der Waals surface area contributed by atoms with Crippen LogP contribution in [0.15, 0.2) is 24.5 Å². The van der Waals surface area contributed by atoms with E-state index in [9.17, 15) is 9.18 Å². The van der Waals surface area contributed by atoms with Crippen LogP contribution in [-0.2, 0) is 11.3 Å². The molecule has 0 bridgehead atoms. The summed E-state index contributed by atoms with van der Waals surface area (Å²) in [6.07, 6.45) is 6.53. The first kappa shape index (κ1) is 21.4. The molecule has 1 fully saturated rings. The first-order chi connectivity index (χ1) is 14.0. The molecule has 158 valence electrons. The molecule has 0 saturated carbocycles. The van der Waals surface area contributed by atoms with E-state index in [1.165, 1.54) is 13.3 Å². The van der Waals surface area contributed by atoms with E-state index in [1.807, 2.05) is 20.0 Å². The Morgan fingerprint density at radius 2 is 2.00 bits per heavy atom. The number of rotatable bonds is 8. The summed E-state index contributed by atoms with van der Waals surface area (Å²) < 4.78 is 21.1. The number of esters is 1. The van der Waals surface area contributed by atoms with Crippen molar-refractivity contribution in [2.75, 3.05) is 26.7 Å². The van der Waals surface area contributed by atoms with Crippen LogP contribution in [0.1, 0.15) is 67.2 Å². The quantitative estimate of drug-likeness (QED) is 0.630. The summed E-state index contributed by atoms with van der Waals surface area (Å²) in [5.74, 6) is -0.0479. The van der Waals surface area contributed by atoms with Gasteiger partial charge in [-0.3, -0.25) is 4.98 Å². The SMILES string of the molecule is CCC(F)(CC)CN1CCC(c2cn(Cc3ccc(C(=O)OC)cn3)nn2)CC1. The number of aromatic nitrogens is 4. The zero-order valence-electron chi connectivity index (χ0n) is 17.5. The van der Waals surface area contributed by atoms with Crippen LogP contribution in [0, 0.1) is 0 Å². The Morgan fingerprint density at radius 1 is 1.28 bits per heavy atom. The lowest BCUT2D eigenvalue weighted by atomic mass is 9.92. The fourth-order valence-corrected chi connectivity index (χ4v) is 3.76. The molecule has 1 aliphatic heterocycles. The molecule has 7 nitrogen and oxygen atoms in total. The van der Waals surface area contributed by atoms with E-state index >= 15 is 0 Å². The molecule has 0 aromatic carbocycles. The molecule has 0 radical (unpaired) electrons. The molecule has 0 atom stereocenters. The maximum absolute atomic E-state index is 14.7. The van der Waals surface area contributed by atoms with Gasteiger partial charge in [-0.2, -0.15) is 0 Å². The van der Waals surface area contributed by atoms with Crippen molar-refractivity contribution in [3.8, 4) is 0 Å². The minimum Gasteiger partial charge on any atom is -0.465 e. The van der Waals surface area contributed by atoms with E-state index in [4.69, 9.17) is 0 Å². The first-order valence-electron chi connectivity index (χ1n) is 10.3. The predicted molar refractivity (Wildman–Crippen MR) is 108 cm³/mol. The van der Waals surface area contributed by atoms with Crippen LogP contribution in [0.2, 0.25) is 0 Å². The molecule has 2 aromatic rings. The Hall–Kier alpha value is -2.35. The van der Waals surface area contributed by atoms with Gasteiger partial charge in [-0.1, -0.05) is 19.1 Å². The second kappa shape index (κ2) is 9.43. The van der Waals surface area contributed by atoms with Crippen LogP contribution in [-0.4, -0.2) is 63.3 Å². The Labute approximate surface area is 171 Å². The van der Waals surface area contributed by atoms with Crippen molar-refractivity contribution in [1.82, 2.24) is 24.9 Å². The van der Waals surface area contributed by atoms with Crippen LogP contribution in [0.25, 0.3) is 0 Å². The number of carbonyl (C=O) groups excluding carboxylic acids is 1. The highest BCUT2D eigenvalue weighted by Crippen LogP contribution is 2.29. The lowest BCUT2D eigenvalue weighted by molar-refractivity contribution is 0.0600. The molecule has 29 heavy (non-hydrogen) atoms. The average Bonchev–Trinajstić information content (AvgIpc) is 3.22. The summed E-state index contributed by atoms with van der Waals surface area (Å²) in [6.45, 7) is 6.63. The smallest absolute Gasteiger partial charge is 0.339 e. The van der Waals surface area contributed by atoms with Gasteiger partial charge in [-0.15, -0.1) is 5.10 Å². The second-order valence-corrected chi connectivity index (χ2v) is 7.78. The topological polar surface area (TPSA) is 73.1 Å². The zero-order chi connectivity index (χ0) is 20.9. The van der Waals surface area contributed by atoms with Gasteiger partial charge in [-0.25, -0.2) is 13.9 Å². The number of likely N-dealkylation sites (tertiary alicyclic amines) is 1. The largest absolute Gasteiger partial charge is 0.465 e. The van der Waals surface area contributed by atoms with E-state index in [1.54, 1.807) is 16.8 Å². The van der Waals surface area contributed by atoms with Crippen LogP contribution in [0.3, 0.4) is 0 Å². The van der Waals surface area contributed by atoms with Crippen LogP contribution in [0.5, 0.6) is 0 Å². The second-order valence-electron chi connectivity index (χ2n) is 7.78. The minimum atomic E-state index is -1.08. The maximum atomic E-state index is 14.7. The van der Waals surface area contributed by atoms with Gasteiger partial charge in [0.2, 0.25) is 0 Å². The van der Waals surface area contributed by atoms with Crippen LogP contribution < -0.4 is 0 Å². The van der Waals surface area contributed by atoms with Gasteiger partial charge < -0.3 is 9.64 Å². The van der Waals surface area contributed by atoms with Gasteiger partial charge in [0.1, 0.15) is 5.67 Å². The van der Waals surface area contributed by atoms with Crippen LogP contribution in [0.4, 0.5) is 4.39 Å². The molecule has 0 N–H and O–H groups in total. The highest BCUT2D eigenvalue weighted by Gasteiger charge is 2.31. The highest BCUT2D eigenvalue weighted by molar-refractivity contribution is 5.88. The molecule has 8 heteroatoms. The molecule has 1 saturated heterocycles. The first-order valence-corrected chi connectivity index (χ1v) is 10.3. The maximum Gasteiger partial charge on any atom is 0.339 e. The molecule has 3 rings (SSSR count). The number of pyridine rings is 1. The number of alkyl halides is 1. The Kier molecular flexibility index (Phi) is 6.95. The molecular weight excluding hydrogens is 373 g/mol. The summed E-state index contributed by atoms with van der Waals surface area (Å²) in [5.41, 5.74) is 1.12. The van der Waals surface area contributed by atoms with Crippen molar-refractivity contribution in [2.24, 2.45) is 0 Å². The number of piperidine rings is 1. The van der Waals surface area contributed by atoms with E-state index in [-0.39, 0.29) is 0 Å². The third-order valence-corrected chi connectivity index (χ3v) is 5.91. The number of hydrogen-bond acceptors (Lipinski definition) is 6. The van der Waals surface area contributed by atoms with Crippen molar-refractivity contribution in [3.05, 3.63) is 41.5 Å². The Bertz CT molecular complexity index is 796. The Balaban J connectivity index is 1.54. The lowest BCUT2D eigenvalue weighted by Crippen LogP contribution is -2.43. The molecule has 0 aliphatic carbocycles. The molecule has 1 aliphatic rings. The number of methoxy groups -OCH3 is 1. The number of carbonyl (C=O) groups is 1. The highest BCUT2D eigenvalue weighted by atomic mass is 19.1. The number of ether oxygens (including phenoxy) is 1. The van der Waals surface area contributed by atoms with E-state index in [0.717, 1.165) is 37.3 Å². The fraction of sp³-hybridized carbons (Fsp3) is 0.619. The molecule has 0 amide bonds. The summed E-state index contributed by atoms with van der Waals surface area (Å²) in [4.78, 5) is 18.0. The number of nitrogens with zero attached hydrogens (tertiary/aromatic N) is 5. The van der Waals surface area contributed by atoms with Gasteiger partial charge in [0.25, 0.3) is 0 Å². The minimum absolute atomic E-state index is 0.354. The number of halogens is 1. The molecule has 0 unspecified atom stereocenters. The molecular formula is C21H30FN5O2. The summed E-state index contributed by atoms with van der Waals surface area (Å²) in [5, 5.41) is 8.57. The third-order valence-electron chi connectivity index (χ3n) is 5.91. The van der Waals surface area contributed by atoms with Crippen molar-refractivity contribution < 1.29 is 13.9 Å². The van der Waals surface area contributed by atoms with E-state index in [2.05, 4.69) is 24.9 Å². The number of hydrogen-bond donors (Lipinski definition) is 0. The average molecular weight is 404 g/mol. The zero-order valence-corrected chi connectivity index (χ0v) is 17.5. The van der Waals surface area contributed by atoms with Crippen molar-refractivity contribution >= 4 is 5.97 Å². The van der Waals surface area contributed by atoms with Gasteiger partial charge in [0.05, 0.1) is 30.6 Å². The molecule has 2 aromatic heterocycles. The third kappa shape index (κ3) is 5.38. The molecule has 3 heterocycles. The van der Waals surface area contributed by atoms with Crippen molar-refractivity contribution in [3.63, 3.8) is 0 Å². The summed E-state index contributed by atoms with van der Waals surface area (Å²) in [7, 11) is 1.35. The van der Waals surface area contributed by atoms with Gasteiger partial charge in [0.15, 0.2) is 0 Å². The van der Waals surface area contributed by atoms with Gasteiger partial charge in [0, 0.05) is 24.9 Å². The molecule has 0 spiro atoms. The van der Waals surface area contributed by atoms with Gasteiger partial charge in [-0.05, 0) is 50.9 Å². The summed E-state index contributed by atoms with van der Waals surface area (Å²) in [6, 6.07) is 3.48. The van der Waals surface area contributed by atoms with Gasteiger partial charge >= 0.3 is 5.97 Å². The van der Waals surface area contributed by atoms with Crippen molar-refractivity contribution in [1.29, 1.82) is 0 Å².